The van der Waals surface area contributed by atoms with E-state index in [0.29, 0.717) is 0 Å². The zero-order chi connectivity index (χ0) is 22.7. The van der Waals surface area contributed by atoms with Crippen LogP contribution in [0.4, 0.5) is 67.2 Å². The van der Waals surface area contributed by atoms with Gasteiger partial charge in [-0.25, -0.2) is 17.6 Å². The molecule has 162 valence electrons. The summed E-state index contributed by atoms with van der Waals surface area (Å²) in [6.07, 6.45) is -7.48. The van der Waals surface area contributed by atoms with Crippen molar-refractivity contribution in [2.45, 2.75) is 23.3 Å². The first-order valence-corrected chi connectivity index (χ1v) is 7.34. The van der Waals surface area contributed by atoms with Crippen LogP contribution in [0.3, 0.4) is 0 Å². The summed E-state index contributed by atoms with van der Waals surface area (Å²) in [7, 11) is -8.05. The second kappa shape index (κ2) is 6.51. The molecule has 0 unspecified atom stereocenters. The van der Waals surface area contributed by atoms with E-state index in [0.717, 1.165) is 0 Å². The number of sulfonamides is 1. The molecule has 0 fully saturated rings. The first kappa shape index (κ1) is 24.0. The number of benzene rings is 1. The predicted molar refractivity (Wildman–Crippen MR) is 59.7 cm³/mol. The minimum absolute atomic E-state index is 1.01. The van der Waals surface area contributed by atoms with Gasteiger partial charge in [-0.15, -0.1) is 0 Å². The molecule has 1 rings (SSSR count). The molecule has 0 atom stereocenters. The van der Waals surface area contributed by atoms with Gasteiger partial charge in [0.25, 0.3) is 0 Å². The number of rotatable bonds is 5. The Morgan fingerprint density at radius 3 is 1.54 bits per heavy atom. The second-order valence-corrected chi connectivity index (χ2v) is 6.49. The molecule has 0 radical (unpaired) electrons. The Kier molecular flexibility index (Phi) is 5.59. The third kappa shape index (κ3) is 3.10. The van der Waals surface area contributed by atoms with Crippen molar-refractivity contribution in [3.8, 4) is 0 Å². The van der Waals surface area contributed by atoms with Gasteiger partial charge in [0.05, 0.1) is 0 Å². The predicted octanol–water partition coefficient (Wildman–Crippen LogP) is 4.69. The lowest BCUT2D eigenvalue weighted by Gasteiger charge is -2.33. The van der Waals surface area contributed by atoms with E-state index in [1.807, 2.05) is 0 Å². The van der Waals surface area contributed by atoms with E-state index in [9.17, 15) is 70.0 Å². The van der Waals surface area contributed by atoms with Crippen molar-refractivity contribution in [3.63, 3.8) is 0 Å². The second-order valence-electron chi connectivity index (χ2n) is 4.70. The lowest BCUT2D eigenvalue weighted by molar-refractivity contribution is -0.382. The Bertz CT molecular complexity index is 877. The molecule has 1 aromatic carbocycles. The molecule has 18 heteroatoms. The summed E-state index contributed by atoms with van der Waals surface area (Å²) in [6, 6.07) is -1.01. The highest BCUT2D eigenvalue weighted by Gasteiger charge is 2.86. The molecule has 0 saturated carbocycles. The molecular weight excluding hydrogens is 464 g/mol. The van der Waals surface area contributed by atoms with Gasteiger partial charge >= 0.3 is 33.3 Å². The summed E-state index contributed by atoms with van der Waals surface area (Å²) in [5.74, 6) is -27.3. The van der Waals surface area contributed by atoms with Crippen LogP contribution in [0.2, 0.25) is 0 Å². The standard InChI is InChI=1S/C10HF14NO2S/c11-2-1-3(5(13)6(14)4(2)12)25(24)28(26,27)10(22,23)8(17,18)7(15,16)9(19,20)21/h1H. The van der Waals surface area contributed by atoms with Crippen LogP contribution in [0, 0.1) is 23.3 Å². The molecule has 0 amide bonds. The van der Waals surface area contributed by atoms with Gasteiger partial charge in [-0.1, -0.05) is 9.01 Å². The van der Waals surface area contributed by atoms with Crippen LogP contribution in [-0.4, -0.2) is 31.7 Å². The fourth-order valence-corrected chi connectivity index (χ4v) is 2.49. The summed E-state index contributed by atoms with van der Waals surface area (Å²) in [5.41, 5.74) is -2.89. The van der Waals surface area contributed by atoms with Crippen LogP contribution in [-0.2, 0) is 10.0 Å². The summed E-state index contributed by atoms with van der Waals surface area (Å²) < 4.78 is 199. The molecule has 0 aliphatic carbocycles. The van der Waals surface area contributed by atoms with E-state index >= 15 is 0 Å². The molecule has 3 nitrogen and oxygen atoms in total. The molecule has 0 aliphatic heterocycles. The van der Waals surface area contributed by atoms with Gasteiger partial charge in [0.2, 0.25) is 0 Å². The SMILES string of the molecule is O=S(=O)(N(F)c1cc(F)c(F)c(F)c1F)C(F)(F)C(F)(F)C(F)(F)C(F)(F)F. The van der Waals surface area contributed by atoms with Crippen LogP contribution in [0.5, 0.6) is 0 Å². The Morgan fingerprint density at radius 2 is 1.14 bits per heavy atom. The molecule has 0 bridgehead atoms. The Labute approximate surface area is 144 Å². The summed E-state index contributed by atoms with van der Waals surface area (Å²) in [6.45, 7) is 0. The highest BCUT2D eigenvalue weighted by molar-refractivity contribution is 7.93. The van der Waals surface area contributed by atoms with Gasteiger partial charge in [-0.2, -0.15) is 47.9 Å². The average Bonchev–Trinajstić information content (AvgIpc) is 2.53. The maximum Gasteiger partial charge on any atom is 0.460 e. The smallest absolute Gasteiger partial charge is 0.204 e. The lowest BCUT2D eigenvalue weighted by atomic mass is 10.1. The number of halogens is 14. The quantitative estimate of drug-likeness (QED) is 0.274. The zero-order valence-corrected chi connectivity index (χ0v) is 12.9. The number of anilines is 1. The molecule has 0 heterocycles. The van der Waals surface area contributed by atoms with E-state index in [1.165, 1.54) is 0 Å². The van der Waals surface area contributed by atoms with Crippen LogP contribution in [0.1, 0.15) is 0 Å². The van der Waals surface area contributed by atoms with Crippen LogP contribution in [0.25, 0.3) is 0 Å². The van der Waals surface area contributed by atoms with Crippen LogP contribution in [0.15, 0.2) is 6.07 Å². The normalized spacial score (nSPS) is 14.4. The maximum absolute atomic E-state index is 13.6. The minimum atomic E-state index is -8.05. The maximum atomic E-state index is 13.6. The monoisotopic (exact) mass is 465 g/mol. The van der Waals surface area contributed by atoms with E-state index < -0.39 is 72.8 Å². The fraction of sp³-hybridized carbons (Fsp3) is 0.400. The Hall–Kier alpha value is -2.01. The van der Waals surface area contributed by atoms with Crippen molar-refractivity contribution in [2.24, 2.45) is 0 Å². The summed E-state index contributed by atoms with van der Waals surface area (Å²) in [4.78, 5) is 0. The van der Waals surface area contributed by atoms with E-state index in [4.69, 9.17) is 0 Å². The minimum Gasteiger partial charge on any atom is -0.204 e. The van der Waals surface area contributed by atoms with Gasteiger partial charge < -0.3 is 0 Å². The van der Waals surface area contributed by atoms with Crippen molar-refractivity contribution < 1.29 is 70.0 Å². The highest BCUT2D eigenvalue weighted by Crippen LogP contribution is 2.55. The van der Waals surface area contributed by atoms with Crippen molar-refractivity contribution in [3.05, 3.63) is 29.3 Å². The van der Waals surface area contributed by atoms with E-state index in [2.05, 4.69) is 0 Å². The molecule has 0 saturated heterocycles. The van der Waals surface area contributed by atoms with E-state index in [-0.39, 0.29) is 0 Å². The number of hydrogen-bond donors (Lipinski definition) is 0. The van der Waals surface area contributed by atoms with Gasteiger partial charge in [0, 0.05) is 6.07 Å². The van der Waals surface area contributed by atoms with Gasteiger partial charge in [0.1, 0.15) is 5.69 Å². The Balaban J connectivity index is 3.66. The molecule has 1 aromatic rings. The molecule has 0 spiro atoms. The van der Waals surface area contributed by atoms with Crippen LogP contribution < -0.4 is 4.53 Å². The topological polar surface area (TPSA) is 37.4 Å². The molecule has 0 N–H and O–H groups in total. The number of hydrogen-bond acceptors (Lipinski definition) is 2. The lowest BCUT2D eigenvalue weighted by Crippen LogP contribution is -2.64. The largest absolute Gasteiger partial charge is 0.460 e. The van der Waals surface area contributed by atoms with Gasteiger partial charge in [0.15, 0.2) is 23.3 Å². The summed E-state index contributed by atoms with van der Waals surface area (Å²) in [5, 5.41) is -7.65. The molecular formula is C10HF14NO2S. The number of nitrogens with zero attached hydrogens (tertiary/aromatic N) is 1. The summed E-state index contributed by atoms with van der Waals surface area (Å²) >= 11 is 0. The van der Waals surface area contributed by atoms with Gasteiger partial charge in [-0.3, -0.25) is 0 Å². The third-order valence-corrected chi connectivity index (χ3v) is 4.45. The third-order valence-electron chi connectivity index (χ3n) is 2.92. The van der Waals surface area contributed by atoms with Crippen molar-refractivity contribution in [2.75, 3.05) is 4.53 Å². The van der Waals surface area contributed by atoms with E-state index in [1.54, 1.807) is 0 Å². The highest BCUT2D eigenvalue weighted by atomic mass is 32.2. The first-order chi connectivity index (χ1) is 12.2. The van der Waals surface area contributed by atoms with Gasteiger partial charge in [-0.05, 0) is 0 Å². The fourth-order valence-electron chi connectivity index (χ4n) is 1.44. The zero-order valence-electron chi connectivity index (χ0n) is 12.0. The molecule has 0 aliphatic rings. The molecule has 0 aromatic heterocycles. The first-order valence-electron chi connectivity index (χ1n) is 5.90. The van der Waals surface area contributed by atoms with Crippen molar-refractivity contribution >= 4 is 15.7 Å². The Morgan fingerprint density at radius 1 is 0.714 bits per heavy atom. The molecule has 28 heavy (non-hydrogen) atoms. The average molecular weight is 465 g/mol. The van der Waals surface area contributed by atoms with Crippen molar-refractivity contribution in [1.29, 1.82) is 0 Å². The number of alkyl halides is 9. The van der Waals surface area contributed by atoms with Crippen molar-refractivity contribution in [1.82, 2.24) is 0 Å². The van der Waals surface area contributed by atoms with Crippen LogP contribution >= 0.6 is 0 Å².